The van der Waals surface area contributed by atoms with Crippen LogP contribution in [0.5, 0.6) is 5.75 Å². The molecule has 3 rings (SSSR count). The number of ether oxygens (including phenoxy) is 3. The van der Waals surface area contributed by atoms with Crippen LogP contribution in [0.3, 0.4) is 0 Å². The first-order valence-electron chi connectivity index (χ1n) is 15.0. The summed E-state index contributed by atoms with van der Waals surface area (Å²) in [5.41, 5.74) is 0.818. The zero-order valence-electron chi connectivity index (χ0n) is 27.2. The molecule has 1 heterocycles. The van der Waals surface area contributed by atoms with Gasteiger partial charge >= 0.3 is 12.1 Å². The fraction of sp³-hybridized carbons (Fsp3) is 0.455. The molecule has 0 aromatic heterocycles. The predicted octanol–water partition coefficient (Wildman–Crippen LogP) is 4.45. The lowest BCUT2D eigenvalue weighted by Crippen LogP contribution is -2.44. The number of sulfonamides is 1. The van der Waals surface area contributed by atoms with Crippen molar-refractivity contribution in [3.8, 4) is 11.8 Å². The number of carbonyl (C=O) groups is 3. The molecule has 0 atom stereocenters. The number of benzene rings is 2. The summed E-state index contributed by atoms with van der Waals surface area (Å²) in [4.78, 5) is 41.0. The highest BCUT2D eigenvalue weighted by molar-refractivity contribution is 7.93. The number of likely N-dealkylation sites (tertiary alicyclic amines) is 1. The number of hydrogen-bond acceptors (Lipinski definition) is 9. The van der Waals surface area contributed by atoms with Gasteiger partial charge in [-0.3, -0.25) is 13.9 Å². The Kier molecular flexibility index (Phi) is 12.2. The highest BCUT2D eigenvalue weighted by Gasteiger charge is 2.30. The van der Waals surface area contributed by atoms with Crippen LogP contribution in [0.15, 0.2) is 48.5 Å². The van der Waals surface area contributed by atoms with Crippen molar-refractivity contribution in [2.45, 2.75) is 52.2 Å². The van der Waals surface area contributed by atoms with Gasteiger partial charge in [-0.25, -0.2) is 13.2 Å². The molecule has 0 spiro atoms. The Bertz CT molecular complexity index is 1580. The van der Waals surface area contributed by atoms with E-state index in [0.29, 0.717) is 37.1 Å². The highest BCUT2D eigenvalue weighted by Crippen LogP contribution is 2.30. The van der Waals surface area contributed by atoms with Crippen LogP contribution in [0.4, 0.5) is 10.5 Å². The van der Waals surface area contributed by atoms with Crippen LogP contribution in [-0.4, -0.2) is 94.0 Å². The molecule has 0 saturated carbocycles. The lowest BCUT2D eigenvalue weighted by Gasteiger charge is -2.34. The molecular weight excluding hydrogens is 612 g/mol. The van der Waals surface area contributed by atoms with Crippen LogP contribution < -0.4 is 9.04 Å². The van der Waals surface area contributed by atoms with Gasteiger partial charge in [0.2, 0.25) is 10.0 Å². The Hall–Kier alpha value is -4.57. The van der Waals surface area contributed by atoms with Gasteiger partial charge < -0.3 is 24.0 Å². The molecule has 0 bridgehead atoms. The molecule has 2 amide bonds. The summed E-state index contributed by atoms with van der Waals surface area (Å²) >= 11 is 0. The van der Waals surface area contributed by atoms with Crippen molar-refractivity contribution in [1.29, 1.82) is 5.26 Å². The molecule has 1 aliphatic heterocycles. The molecular formula is C33H42N4O8S. The zero-order chi connectivity index (χ0) is 34.1. The molecule has 2 aromatic rings. The Morgan fingerprint density at radius 3 is 2.39 bits per heavy atom. The molecule has 1 saturated heterocycles. The monoisotopic (exact) mass is 654 g/mol. The first-order chi connectivity index (χ1) is 21.6. The second-order valence-electron chi connectivity index (χ2n) is 11.9. The molecule has 248 valence electrons. The number of nitrogens with zero attached hydrogens (tertiary/aromatic N) is 4. The zero-order valence-corrected chi connectivity index (χ0v) is 28.0. The van der Waals surface area contributed by atoms with Crippen molar-refractivity contribution < 1.29 is 37.0 Å². The number of rotatable bonds is 11. The molecule has 0 unspecified atom stereocenters. The van der Waals surface area contributed by atoms with Gasteiger partial charge in [-0.05, 0) is 63.6 Å². The maximum Gasteiger partial charge on any atom is 0.410 e. The van der Waals surface area contributed by atoms with E-state index in [4.69, 9.17) is 14.2 Å². The number of nitriles is 1. The van der Waals surface area contributed by atoms with E-state index in [2.05, 4.69) is 6.07 Å². The standard InChI is InChI=1S/C33H42N4O8S/c1-7-43-30(38)23-46(41,42)37(17-9-12-24-10-8-11-25(20-24)22-34)26-13-14-29(28(21-26)31(39)35(5)6)44-27-15-18-36(19-16-27)32(40)45-33(2,3)4/h8-14,20-21,27H,7,15-19,23H2,1-6H3. The van der Waals surface area contributed by atoms with E-state index in [1.165, 1.54) is 17.0 Å². The number of esters is 1. The summed E-state index contributed by atoms with van der Waals surface area (Å²) in [5.74, 6) is -1.94. The molecule has 46 heavy (non-hydrogen) atoms. The lowest BCUT2D eigenvalue weighted by atomic mass is 10.1. The van der Waals surface area contributed by atoms with Crippen LogP contribution >= 0.6 is 0 Å². The minimum atomic E-state index is -4.25. The van der Waals surface area contributed by atoms with Crippen molar-refractivity contribution >= 4 is 39.8 Å². The van der Waals surface area contributed by atoms with Crippen molar-refractivity contribution in [3.63, 3.8) is 0 Å². The predicted molar refractivity (Wildman–Crippen MR) is 174 cm³/mol. The fourth-order valence-corrected chi connectivity index (χ4v) is 5.94. The average Bonchev–Trinajstić information content (AvgIpc) is 2.98. The van der Waals surface area contributed by atoms with Crippen molar-refractivity contribution in [1.82, 2.24) is 9.80 Å². The van der Waals surface area contributed by atoms with Gasteiger partial charge in [0.15, 0.2) is 5.75 Å². The largest absolute Gasteiger partial charge is 0.489 e. The van der Waals surface area contributed by atoms with Gasteiger partial charge in [-0.2, -0.15) is 5.26 Å². The molecule has 0 aliphatic carbocycles. The van der Waals surface area contributed by atoms with Crippen LogP contribution in [0.1, 0.15) is 62.0 Å². The first-order valence-corrected chi connectivity index (χ1v) is 16.6. The third kappa shape index (κ3) is 10.2. The minimum absolute atomic E-state index is 0.0215. The van der Waals surface area contributed by atoms with Gasteiger partial charge in [0.25, 0.3) is 5.91 Å². The fourth-order valence-electron chi connectivity index (χ4n) is 4.65. The third-order valence-electron chi connectivity index (χ3n) is 6.81. The van der Waals surface area contributed by atoms with E-state index in [9.17, 15) is 28.1 Å². The van der Waals surface area contributed by atoms with Crippen LogP contribution in [0.2, 0.25) is 0 Å². The third-order valence-corrected chi connectivity index (χ3v) is 8.45. The second-order valence-corrected chi connectivity index (χ2v) is 13.8. The van der Waals surface area contributed by atoms with E-state index < -0.39 is 39.3 Å². The number of anilines is 1. The van der Waals surface area contributed by atoms with Gasteiger partial charge in [0, 0.05) is 40.0 Å². The number of amides is 2. The van der Waals surface area contributed by atoms with Crippen LogP contribution in [0.25, 0.3) is 6.08 Å². The van der Waals surface area contributed by atoms with Gasteiger partial charge in [-0.1, -0.05) is 24.3 Å². The van der Waals surface area contributed by atoms with Gasteiger partial charge in [0.1, 0.15) is 17.5 Å². The van der Waals surface area contributed by atoms with E-state index >= 15 is 0 Å². The quantitative estimate of drug-likeness (QED) is 0.321. The molecule has 0 N–H and O–H groups in total. The topological polar surface area (TPSA) is 147 Å². The summed E-state index contributed by atoms with van der Waals surface area (Å²) < 4.78 is 44.7. The molecule has 13 heteroatoms. The van der Waals surface area contributed by atoms with Gasteiger partial charge in [0.05, 0.1) is 36.0 Å². The van der Waals surface area contributed by atoms with Crippen LogP contribution in [0, 0.1) is 11.3 Å². The smallest absolute Gasteiger partial charge is 0.410 e. The maximum atomic E-state index is 13.5. The molecule has 2 aromatic carbocycles. The van der Waals surface area contributed by atoms with E-state index in [0.717, 1.165) is 4.31 Å². The van der Waals surface area contributed by atoms with Crippen molar-refractivity contribution in [2.75, 3.05) is 50.4 Å². The summed E-state index contributed by atoms with van der Waals surface area (Å²) in [6.45, 7) is 7.69. The normalized spacial score (nSPS) is 14.0. The van der Waals surface area contributed by atoms with Gasteiger partial charge in [-0.15, -0.1) is 0 Å². The Morgan fingerprint density at radius 2 is 1.78 bits per heavy atom. The second kappa shape index (κ2) is 15.6. The summed E-state index contributed by atoms with van der Waals surface area (Å²) in [7, 11) is -1.10. The van der Waals surface area contributed by atoms with E-state index in [1.54, 1.807) is 68.4 Å². The molecule has 1 aliphatic rings. The number of piperidine rings is 1. The Balaban J connectivity index is 1.91. The minimum Gasteiger partial charge on any atom is -0.489 e. The lowest BCUT2D eigenvalue weighted by molar-refractivity contribution is -0.139. The van der Waals surface area contributed by atoms with Crippen LogP contribution in [-0.2, 0) is 24.3 Å². The number of hydrogen-bond donors (Lipinski definition) is 0. The average molecular weight is 655 g/mol. The first kappa shape index (κ1) is 35.9. The van der Waals surface area contributed by atoms with Crippen molar-refractivity contribution in [3.05, 3.63) is 65.2 Å². The Morgan fingerprint density at radius 1 is 1.09 bits per heavy atom. The Labute approximate surface area is 271 Å². The van der Waals surface area contributed by atoms with Crippen molar-refractivity contribution in [2.24, 2.45) is 0 Å². The summed E-state index contributed by atoms with van der Waals surface area (Å²) in [6.07, 6.45) is 3.59. The number of carbonyl (C=O) groups excluding carboxylic acids is 3. The maximum absolute atomic E-state index is 13.5. The highest BCUT2D eigenvalue weighted by atomic mass is 32.2. The molecule has 0 radical (unpaired) electrons. The SMILES string of the molecule is CCOC(=O)CS(=O)(=O)N(CC=Cc1cccc(C#N)c1)c1ccc(OC2CCN(C(=O)OC(C)(C)C)CC2)c(C(=O)N(C)C)c1. The van der Waals surface area contributed by atoms with E-state index in [1.807, 2.05) is 20.8 Å². The van der Waals surface area contributed by atoms with E-state index in [-0.39, 0.29) is 36.3 Å². The molecule has 12 nitrogen and oxygen atoms in total. The molecule has 1 fully saturated rings. The summed E-state index contributed by atoms with van der Waals surface area (Å²) in [5, 5.41) is 9.20. The summed E-state index contributed by atoms with van der Waals surface area (Å²) in [6, 6.07) is 13.4.